The summed E-state index contributed by atoms with van der Waals surface area (Å²) in [6.07, 6.45) is 1.23. The van der Waals surface area contributed by atoms with Crippen LogP contribution >= 0.6 is 0 Å². The van der Waals surface area contributed by atoms with Crippen molar-refractivity contribution >= 4 is 15.9 Å². The number of ketones is 1. The third-order valence-electron chi connectivity index (χ3n) is 1.80. The van der Waals surface area contributed by atoms with E-state index in [1.165, 1.54) is 24.3 Å². The van der Waals surface area contributed by atoms with Gasteiger partial charge in [0.1, 0.15) is 5.75 Å². The predicted molar refractivity (Wildman–Crippen MR) is 59.9 cm³/mol. The minimum atomic E-state index is -3.53. The summed E-state index contributed by atoms with van der Waals surface area (Å²) in [6, 6.07) is 5.90. The van der Waals surface area contributed by atoms with Crippen LogP contribution in [0.1, 0.15) is 16.8 Å². The molecule has 1 aromatic carbocycles. The van der Waals surface area contributed by atoms with Gasteiger partial charge in [-0.25, -0.2) is 0 Å². The van der Waals surface area contributed by atoms with E-state index in [-0.39, 0.29) is 18.0 Å². The van der Waals surface area contributed by atoms with E-state index in [9.17, 15) is 13.2 Å². The van der Waals surface area contributed by atoms with E-state index in [1.54, 1.807) is 0 Å². The number of carbonyl (C=O) groups is 1. The van der Waals surface area contributed by atoms with Crippen LogP contribution in [-0.2, 0) is 10.1 Å². The molecule has 0 atom stereocenters. The molecule has 0 heterocycles. The Bertz CT molecular complexity index is 464. The largest absolute Gasteiger partial charge is 0.383 e. The van der Waals surface area contributed by atoms with Gasteiger partial charge in [0, 0.05) is 12.0 Å². The summed E-state index contributed by atoms with van der Waals surface area (Å²) in [5, 5.41) is 0. The average molecular weight is 243 g/mol. The molecular formula is C10H13NO4S. The highest BCUT2D eigenvalue weighted by Crippen LogP contribution is 2.14. The van der Waals surface area contributed by atoms with Gasteiger partial charge in [-0.15, -0.1) is 0 Å². The molecular weight excluding hydrogens is 230 g/mol. The van der Waals surface area contributed by atoms with Gasteiger partial charge in [-0.05, 0) is 30.8 Å². The molecule has 0 saturated heterocycles. The zero-order valence-corrected chi connectivity index (χ0v) is 9.66. The minimum absolute atomic E-state index is 0.0756. The zero-order valence-electron chi connectivity index (χ0n) is 8.84. The maximum Gasteiger partial charge on any atom is 0.306 e. The van der Waals surface area contributed by atoms with Gasteiger partial charge in [-0.2, -0.15) is 8.42 Å². The molecule has 0 unspecified atom stereocenters. The van der Waals surface area contributed by atoms with Gasteiger partial charge < -0.3 is 9.92 Å². The van der Waals surface area contributed by atoms with Crippen molar-refractivity contribution in [3.63, 3.8) is 0 Å². The Balaban J connectivity index is 2.79. The van der Waals surface area contributed by atoms with Crippen LogP contribution in [0.2, 0.25) is 0 Å². The molecule has 0 aliphatic heterocycles. The molecule has 0 radical (unpaired) electrons. The highest BCUT2D eigenvalue weighted by Gasteiger charge is 2.07. The number of Topliss-reactive ketones (excluding diaryl/α,β-unsaturated/α-hetero) is 1. The normalized spacial score (nSPS) is 11.1. The Morgan fingerprint density at radius 3 is 2.31 bits per heavy atom. The van der Waals surface area contributed by atoms with Crippen molar-refractivity contribution in [2.45, 2.75) is 6.42 Å². The SMILES string of the molecule is CS(=O)(=O)Oc1ccc(C(=O)CCN)cc1. The Morgan fingerprint density at radius 1 is 1.31 bits per heavy atom. The third kappa shape index (κ3) is 4.00. The second-order valence-electron chi connectivity index (χ2n) is 3.27. The van der Waals surface area contributed by atoms with E-state index in [0.29, 0.717) is 12.1 Å². The van der Waals surface area contributed by atoms with E-state index in [2.05, 4.69) is 4.18 Å². The Labute approximate surface area is 94.3 Å². The van der Waals surface area contributed by atoms with Gasteiger partial charge in [0.25, 0.3) is 0 Å². The number of hydrogen-bond donors (Lipinski definition) is 1. The van der Waals surface area contributed by atoms with Gasteiger partial charge in [-0.1, -0.05) is 0 Å². The van der Waals surface area contributed by atoms with E-state index in [0.717, 1.165) is 6.26 Å². The first-order valence-electron chi connectivity index (χ1n) is 4.65. The Kier molecular flexibility index (Phi) is 4.03. The van der Waals surface area contributed by atoms with Crippen LogP contribution in [0.25, 0.3) is 0 Å². The molecule has 88 valence electrons. The summed E-state index contributed by atoms with van der Waals surface area (Å²) in [5.41, 5.74) is 5.75. The monoisotopic (exact) mass is 243 g/mol. The first-order chi connectivity index (χ1) is 7.42. The Morgan fingerprint density at radius 2 is 1.88 bits per heavy atom. The Hall–Kier alpha value is -1.40. The molecule has 0 spiro atoms. The maximum absolute atomic E-state index is 11.4. The van der Waals surface area contributed by atoms with Crippen molar-refractivity contribution in [1.29, 1.82) is 0 Å². The summed E-state index contributed by atoms with van der Waals surface area (Å²) in [5.74, 6) is 0.111. The van der Waals surface area contributed by atoms with Crippen LogP contribution in [0.3, 0.4) is 0 Å². The van der Waals surface area contributed by atoms with Crippen LogP contribution in [-0.4, -0.2) is 27.0 Å². The molecule has 0 amide bonds. The standard InChI is InChI=1S/C10H13NO4S/c1-16(13,14)15-9-4-2-8(3-5-9)10(12)6-7-11/h2-5H,6-7,11H2,1H3. The number of nitrogens with two attached hydrogens (primary N) is 1. The molecule has 0 bridgehead atoms. The van der Waals surface area contributed by atoms with Crippen molar-refractivity contribution in [2.75, 3.05) is 12.8 Å². The fourth-order valence-corrected chi connectivity index (χ4v) is 1.61. The van der Waals surface area contributed by atoms with Gasteiger partial charge in [0.05, 0.1) is 6.26 Å². The van der Waals surface area contributed by atoms with E-state index in [1.807, 2.05) is 0 Å². The molecule has 2 N–H and O–H groups in total. The second kappa shape index (κ2) is 5.09. The fraction of sp³-hybridized carbons (Fsp3) is 0.300. The van der Waals surface area contributed by atoms with Gasteiger partial charge in [-0.3, -0.25) is 4.79 Å². The maximum atomic E-state index is 11.4. The molecule has 6 heteroatoms. The van der Waals surface area contributed by atoms with Crippen LogP contribution < -0.4 is 9.92 Å². The number of rotatable bonds is 5. The summed E-state index contributed by atoms with van der Waals surface area (Å²) < 4.78 is 26.3. The second-order valence-corrected chi connectivity index (χ2v) is 4.85. The average Bonchev–Trinajstić information content (AvgIpc) is 2.16. The topological polar surface area (TPSA) is 86.5 Å². The summed E-state index contributed by atoms with van der Waals surface area (Å²) >= 11 is 0. The van der Waals surface area contributed by atoms with E-state index < -0.39 is 10.1 Å². The van der Waals surface area contributed by atoms with Crippen molar-refractivity contribution in [2.24, 2.45) is 5.73 Å². The summed E-state index contributed by atoms with van der Waals surface area (Å²) in [6.45, 7) is 0.292. The number of benzene rings is 1. The molecule has 0 fully saturated rings. The molecule has 0 aromatic heterocycles. The molecule has 0 aliphatic carbocycles. The lowest BCUT2D eigenvalue weighted by molar-refractivity contribution is 0.0985. The molecule has 5 nitrogen and oxygen atoms in total. The molecule has 0 aliphatic rings. The van der Waals surface area contributed by atoms with E-state index in [4.69, 9.17) is 5.73 Å². The van der Waals surface area contributed by atoms with Crippen molar-refractivity contribution in [3.05, 3.63) is 29.8 Å². The number of carbonyl (C=O) groups excluding carboxylic acids is 1. The van der Waals surface area contributed by atoms with Crippen molar-refractivity contribution in [1.82, 2.24) is 0 Å². The molecule has 1 aromatic rings. The van der Waals surface area contributed by atoms with Gasteiger partial charge in [0.15, 0.2) is 5.78 Å². The van der Waals surface area contributed by atoms with Crippen LogP contribution in [0, 0.1) is 0 Å². The van der Waals surface area contributed by atoms with Crippen molar-refractivity contribution in [3.8, 4) is 5.75 Å². The summed E-state index contributed by atoms with van der Waals surface area (Å²) in [7, 11) is -3.53. The zero-order chi connectivity index (χ0) is 12.2. The van der Waals surface area contributed by atoms with Gasteiger partial charge >= 0.3 is 10.1 Å². The first-order valence-corrected chi connectivity index (χ1v) is 6.47. The fourth-order valence-electron chi connectivity index (χ4n) is 1.15. The lowest BCUT2D eigenvalue weighted by Crippen LogP contribution is -2.08. The lowest BCUT2D eigenvalue weighted by Gasteiger charge is -2.03. The smallest absolute Gasteiger partial charge is 0.306 e. The molecule has 1 rings (SSSR count). The highest BCUT2D eigenvalue weighted by molar-refractivity contribution is 7.86. The highest BCUT2D eigenvalue weighted by atomic mass is 32.2. The van der Waals surface area contributed by atoms with Crippen LogP contribution in [0.5, 0.6) is 5.75 Å². The predicted octanol–water partition coefficient (Wildman–Crippen LogP) is 0.557. The van der Waals surface area contributed by atoms with Gasteiger partial charge in [0.2, 0.25) is 0 Å². The molecule has 16 heavy (non-hydrogen) atoms. The quantitative estimate of drug-likeness (QED) is 0.603. The molecule has 0 saturated carbocycles. The minimum Gasteiger partial charge on any atom is -0.383 e. The lowest BCUT2D eigenvalue weighted by atomic mass is 10.1. The number of hydrogen-bond acceptors (Lipinski definition) is 5. The third-order valence-corrected chi connectivity index (χ3v) is 2.29. The summed E-state index contributed by atoms with van der Waals surface area (Å²) in [4.78, 5) is 11.4. The van der Waals surface area contributed by atoms with Crippen LogP contribution in [0.15, 0.2) is 24.3 Å². The van der Waals surface area contributed by atoms with Crippen molar-refractivity contribution < 1.29 is 17.4 Å². The van der Waals surface area contributed by atoms with E-state index >= 15 is 0 Å². The first kappa shape index (κ1) is 12.7. The van der Waals surface area contributed by atoms with Crippen LogP contribution in [0.4, 0.5) is 0 Å².